The van der Waals surface area contributed by atoms with Crippen molar-refractivity contribution >= 4 is 58.3 Å². The van der Waals surface area contributed by atoms with Crippen molar-refractivity contribution in [2.75, 3.05) is 74.0 Å². The van der Waals surface area contributed by atoms with Gasteiger partial charge in [-0.2, -0.15) is 15.0 Å². The number of fused-ring (bicyclic) bond motifs is 2. The summed E-state index contributed by atoms with van der Waals surface area (Å²) in [7, 11) is 0. The molecule has 2 aromatic carbocycles. The number of aliphatic carboxylic acids is 1. The molecule has 2 saturated heterocycles. The summed E-state index contributed by atoms with van der Waals surface area (Å²) >= 11 is 0. The molecular weight excluding hydrogens is 1000 g/mol. The van der Waals surface area contributed by atoms with E-state index in [1.165, 1.54) is 30.3 Å². The maximum atomic E-state index is 14.4. The standard InChI is InChI=1S/C54H65N15O9/c1-5-32(3)47(68-30-35(60-62-68)9-7-8-18-55)49(74)64-19-23-66(24-20-64)53-57-52(58-54(59-53)67-25-21-65(22-26-67)50(75)48(33(4)6-2)69-31-36(61-63-69)11-17-45(72)73)56-34-10-14-39(42(27-34)51(76)77)46-40-15-12-37(70)28-43(40)78-44-29-38(71)13-16-41(44)46/h10,12-16,27-33,47-48,70H,5-9,11,17-26,55H2,1-4H3,(H,72,73)(H,76,77)(H,56,57,58,59)/t32-,33-,47-,48-/m0/s1. The summed E-state index contributed by atoms with van der Waals surface area (Å²) in [6.07, 6.45) is 7.52. The highest BCUT2D eigenvalue weighted by atomic mass is 16.4. The molecule has 0 bridgehead atoms. The van der Waals surface area contributed by atoms with E-state index in [0.29, 0.717) is 111 Å². The number of carbonyl (C=O) groups excluding carboxylic acids is 2. The van der Waals surface area contributed by atoms with Crippen molar-refractivity contribution in [2.24, 2.45) is 17.6 Å². The number of anilines is 4. The lowest BCUT2D eigenvalue weighted by Crippen LogP contribution is -2.52. The maximum absolute atomic E-state index is 14.4. The zero-order valence-electron chi connectivity index (χ0n) is 44.2. The lowest BCUT2D eigenvalue weighted by Gasteiger charge is -2.38. The Kier molecular flexibility index (Phi) is 16.5. The number of nitrogens with two attached hydrogens (primary N) is 1. The minimum absolute atomic E-state index is 0.0181. The number of hydrogen-bond donors (Lipinski definition) is 5. The molecule has 6 N–H and O–H groups in total. The molecule has 24 nitrogen and oxygen atoms in total. The van der Waals surface area contributed by atoms with Crippen LogP contribution in [0.25, 0.3) is 33.4 Å². The van der Waals surface area contributed by atoms with Gasteiger partial charge in [0.25, 0.3) is 0 Å². The van der Waals surface area contributed by atoms with E-state index in [1.54, 1.807) is 44.7 Å². The van der Waals surface area contributed by atoms with Gasteiger partial charge in [-0.25, -0.2) is 14.2 Å². The van der Waals surface area contributed by atoms with E-state index < -0.39 is 24.0 Å². The van der Waals surface area contributed by atoms with Crippen molar-refractivity contribution in [1.29, 1.82) is 0 Å². The van der Waals surface area contributed by atoms with Crippen LogP contribution in [0, 0.1) is 11.8 Å². The van der Waals surface area contributed by atoms with Crippen LogP contribution in [0.4, 0.5) is 23.5 Å². The largest absolute Gasteiger partial charge is 0.508 e. The Labute approximate surface area is 449 Å². The van der Waals surface area contributed by atoms with Crippen LogP contribution in [0.3, 0.4) is 0 Å². The summed E-state index contributed by atoms with van der Waals surface area (Å²) in [6.45, 7) is 11.5. The fraction of sp³-hybridized carbons (Fsp3) is 0.444. The number of phenols is 1. The van der Waals surface area contributed by atoms with Gasteiger partial charge in [-0.15, -0.1) is 10.2 Å². The molecule has 4 aliphatic rings. The van der Waals surface area contributed by atoms with Gasteiger partial charge in [0.15, 0.2) is 5.43 Å². The van der Waals surface area contributed by atoms with Gasteiger partial charge in [0, 0.05) is 106 Å². The number of aromatic hydroxyl groups is 1. The van der Waals surface area contributed by atoms with Gasteiger partial charge in [-0.3, -0.25) is 19.2 Å². The number of piperazine rings is 2. The fourth-order valence-electron chi connectivity index (χ4n) is 10.1. The minimum atomic E-state index is -1.23. The lowest BCUT2D eigenvalue weighted by atomic mass is 9.90. The number of aromatic carboxylic acids is 1. The number of carboxylic acid groups (broad SMARTS) is 2. The summed E-state index contributed by atoms with van der Waals surface area (Å²) in [6, 6.07) is 12.4. The quantitative estimate of drug-likeness (QED) is 0.0453. The van der Waals surface area contributed by atoms with Gasteiger partial charge in [-0.1, -0.05) is 57.0 Å². The molecule has 5 aromatic rings. The molecule has 3 aliphatic heterocycles. The smallest absolute Gasteiger partial charge is 0.336 e. The Morgan fingerprint density at radius 2 is 1.28 bits per heavy atom. The van der Waals surface area contributed by atoms with Gasteiger partial charge in [0.05, 0.1) is 23.4 Å². The van der Waals surface area contributed by atoms with Crippen LogP contribution in [0.15, 0.2) is 76.2 Å². The van der Waals surface area contributed by atoms with E-state index in [9.17, 15) is 39.3 Å². The monoisotopic (exact) mass is 1070 g/mol. The van der Waals surface area contributed by atoms with Crippen molar-refractivity contribution in [3.8, 4) is 28.2 Å². The molecule has 3 aromatic heterocycles. The van der Waals surface area contributed by atoms with E-state index in [2.05, 4.69) is 25.9 Å². The van der Waals surface area contributed by atoms with Crippen molar-refractivity contribution < 1.29 is 38.9 Å². The van der Waals surface area contributed by atoms with Crippen LogP contribution in [0.1, 0.15) is 93.6 Å². The van der Waals surface area contributed by atoms with E-state index in [-0.39, 0.29) is 70.5 Å². The second kappa shape index (κ2) is 23.8. The Hall–Kier alpha value is -8.54. The van der Waals surface area contributed by atoms with E-state index in [0.717, 1.165) is 31.4 Å². The van der Waals surface area contributed by atoms with E-state index >= 15 is 0 Å². The Bertz CT molecular complexity index is 3330. The topological polar surface area (TPSA) is 310 Å². The first-order chi connectivity index (χ1) is 37.6. The molecule has 2 amide bonds. The summed E-state index contributed by atoms with van der Waals surface area (Å²) in [5.74, 6) is -1.57. The van der Waals surface area contributed by atoms with Crippen molar-refractivity contribution in [2.45, 2.75) is 84.7 Å². The minimum Gasteiger partial charge on any atom is -0.508 e. The summed E-state index contributed by atoms with van der Waals surface area (Å²) in [4.78, 5) is 88.0. The van der Waals surface area contributed by atoms with Crippen molar-refractivity contribution in [3.63, 3.8) is 0 Å². The SMILES string of the molecule is CC[C@H](C)[C@@H](C(=O)N1CCN(c2nc(Nc3ccc(-c4c5ccc(=O)cc-5oc5cc(O)ccc45)c(C(=O)O)c3)nc(N3CCN(C(=O)[C@H]([C@@H](C)CC)n4cc(CCC(=O)O)nn4)CC3)n2)CC1)n1cc(CCCCN)nn1. The summed E-state index contributed by atoms with van der Waals surface area (Å²) < 4.78 is 9.27. The number of carboxylic acids is 2. The predicted molar refractivity (Wildman–Crippen MR) is 289 cm³/mol. The zero-order chi connectivity index (χ0) is 55.2. The van der Waals surface area contributed by atoms with Crippen LogP contribution in [-0.2, 0) is 27.2 Å². The number of phenolic OH excluding ortho intramolecular Hbond substituents is 1. The molecule has 78 heavy (non-hydrogen) atoms. The van der Waals surface area contributed by atoms with Gasteiger partial charge in [0.1, 0.15) is 29.2 Å². The third-order valence-electron chi connectivity index (χ3n) is 14.9. The van der Waals surface area contributed by atoms with Gasteiger partial charge in [-0.05, 0) is 79.6 Å². The molecule has 2 fully saturated rings. The van der Waals surface area contributed by atoms with Crippen LogP contribution in [-0.4, -0.2) is 153 Å². The molecule has 0 unspecified atom stereocenters. The van der Waals surface area contributed by atoms with Gasteiger partial charge in [0.2, 0.25) is 29.7 Å². The number of carbonyl (C=O) groups is 4. The average molecular weight is 1070 g/mol. The second-order valence-electron chi connectivity index (χ2n) is 20.1. The number of unbranched alkanes of at least 4 members (excludes halogenated alkanes) is 1. The molecule has 0 spiro atoms. The maximum Gasteiger partial charge on any atom is 0.336 e. The third kappa shape index (κ3) is 11.9. The Balaban J connectivity index is 1.00. The average Bonchev–Trinajstić information content (AvgIpc) is 4.25. The number of aryl methyl sites for hydroxylation is 2. The third-order valence-corrected chi connectivity index (χ3v) is 14.9. The van der Waals surface area contributed by atoms with E-state index in [4.69, 9.17) is 25.1 Å². The zero-order valence-corrected chi connectivity index (χ0v) is 44.2. The van der Waals surface area contributed by atoms with Crippen molar-refractivity contribution in [3.05, 3.63) is 94.2 Å². The highest BCUT2D eigenvalue weighted by molar-refractivity contribution is 6.08. The van der Waals surface area contributed by atoms with Crippen LogP contribution >= 0.6 is 0 Å². The Morgan fingerprint density at radius 1 is 0.705 bits per heavy atom. The number of aromatic nitrogens is 9. The normalized spacial score (nSPS) is 15.6. The molecule has 9 rings (SSSR count). The highest BCUT2D eigenvalue weighted by Gasteiger charge is 2.36. The molecule has 410 valence electrons. The van der Waals surface area contributed by atoms with Crippen LogP contribution in [0.2, 0.25) is 0 Å². The first kappa shape index (κ1) is 54.3. The van der Waals surface area contributed by atoms with E-state index in [1.807, 2.05) is 48.6 Å². The first-order valence-electron chi connectivity index (χ1n) is 26.5. The molecule has 1 aliphatic carbocycles. The number of amides is 2. The molecule has 4 atom stereocenters. The molecule has 0 saturated carbocycles. The number of hydrogen-bond acceptors (Lipinski definition) is 18. The summed E-state index contributed by atoms with van der Waals surface area (Å²) in [5, 5.41) is 51.3. The second-order valence-corrected chi connectivity index (χ2v) is 20.1. The number of benzene rings is 3. The fourth-order valence-corrected chi connectivity index (χ4v) is 10.1. The van der Waals surface area contributed by atoms with Crippen molar-refractivity contribution in [1.82, 2.24) is 54.7 Å². The van der Waals surface area contributed by atoms with Crippen LogP contribution in [0.5, 0.6) is 5.75 Å². The first-order valence-corrected chi connectivity index (χ1v) is 26.5. The van der Waals surface area contributed by atoms with Crippen LogP contribution < -0.4 is 26.3 Å². The highest BCUT2D eigenvalue weighted by Crippen LogP contribution is 2.43. The number of nitrogens with zero attached hydrogens (tertiary/aromatic N) is 13. The lowest BCUT2D eigenvalue weighted by molar-refractivity contribution is -0.138. The number of nitrogens with one attached hydrogen (secondary N) is 1. The molecule has 24 heteroatoms. The predicted octanol–water partition coefficient (Wildman–Crippen LogP) is 5.25. The summed E-state index contributed by atoms with van der Waals surface area (Å²) in [5.41, 5.74) is 8.57. The Morgan fingerprint density at radius 3 is 1.83 bits per heavy atom. The molecule has 0 radical (unpaired) electrons. The number of rotatable bonds is 21. The van der Waals surface area contributed by atoms with Gasteiger partial charge >= 0.3 is 11.9 Å². The molecule has 6 heterocycles. The molecular formula is C54H65N15O9. The van der Waals surface area contributed by atoms with Gasteiger partial charge < -0.3 is 50.4 Å².